The molecular weight excluding hydrogens is 248 g/mol. The molecule has 0 fully saturated rings. The van der Waals surface area contributed by atoms with E-state index < -0.39 is 0 Å². The van der Waals surface area contributed by atoms with Crippen LogP contribution in [0.2, 0.25) is 0 Å². The number of hydrogen-bond donors (Lipinski definition) is 2. The second-order valence-electron chi connectivity index (χ2n) is 3.92. The predicted octanol–water partition coefficient (Wildman–Crippen LogP) is 1.11. The van der Waals surface area contributed by atoms with Crippen molar-refractivity contribution < 1.29 is 9.59 Å². The zero-order valence-corrected chi connectivity index (χ0v) is 11.5. The Kier molecular flexibility index (Phi) is 5.71. The standard InChI is InChI=1S/C13H18N2O2S/c1-3-15(9-12(16)14-2)13(17)8-10-4-6-11(18)7-5-10/h4-7,18H,3,8-9H2,1-2H3,(H,14,16). The molecule has 0 atom stereocenters. The van der Waals surface area contributed by atoms with Gasteiger partial charge in [-0.1, -0.05) is 12.1 Å². The molecule has 0 radical (unpaired) electrons. The molecule has 5 heteroatoms. The minimum Gasteiger partial charge on any atom is -0.358 e. The van der Waals surface area contributed by atoms with Crippen LogP contribution in [0.15, 0.2) is 29.2 Å². The predicted molar refractivity (Wildman–Crippen MR) is 73.7 cm³/mol. The van der Waals surface area contributed by atoms with E-state index >= 15 is 0 Å². The quantitative estimate of drug-likeness (QED) is 0.785. The first-order valence-corrected chi connectivity index (χ1v) is 6.27. The third-order valence-corrected chi connectivity index (χ3v) is 2.94. The van der Waals surface area contributed by atoms with Gasteiger partial charge >= 0.3 is 0 Å². The van der Waals surface area contributed by atoms with Crippen molar-refractivity contribution in [1.82, 2.24) is 10.2 Å². The van der Waals surface area contributed by atoms with E-state index in [9.17, 15) is 9.59 Å². The lowest BCUT2D eigenvalue weighted by molar-refractivity contribution is -0.135. The lowest BCUT2D eigenvalue weighted by atomic mass is 10.1. The van der Waals surface area contributed by atoms with Crippen LogP contribution in [0.5, 0.6) is 0 Å². The van der Waals surface area contributed by atoms with Crippen LogP contribution in [0.1, 0.15) is 12.5 Å². The molecule has 1 aromatic carbocycles. The number of thiol groups is 1. The van der Waals surface area contributed by atoms with E-state index in [-0.39, 0.29) is 18.4 Å². The molecule has 18 heavy (non-hydrogen) atoms. The number of rotatable bonds is 5. The van der Waals surface area contributed by atoms with Gasteiger partial charge in [-0.05, 0) is 24.6 Å². The first-order valence-electron chi connectivity index (χ1n) is 5.83. The van der Waals surface area contributed by atoms with Crippen molar-refractivity contribution in [2.45, 2.75) is 18.2 Å². The van der Waals surface area contributed by atoms with Gasteiger partial charge in [0, 0.05) is 18.5 Å². The molecule has 0 aliphatic carbocycles. The molecule has 0 saturated heterocycles. The van der Waals surface area contributed by atoms with Crippen LogP contribution in [-0.2, 0) is 16.0 Å². The van der Waals surface area contributed by atoms with Crippen molar-refractivity contribution in [3.8, 4) is 0 Å². The Balaban J connectivity index is 2.62. The number of amides is 2. The summed E-state index contributed by atoms with van der Waals surface area (Å²) in [6.07, 6.45) is 0.304. The summed E-state index contributed by atoms with van der Waals surface area (Å²) in [4.78, 5) is 25.7. The topological polar surface area (TPSA) is 49.4 Å². The normalized spacial score (nSPS) is 9.94. The Morgan fingerprint density at radius 2 is 1.89 bits per heavy atom. The Labute approximate surface area is 113 Å². The van der Waals surface area contributed by atoms with Gasteiger partial charge in [-0.2, -0.15) is 0 Å². The molecular formula is C13H18N2O2S. The molecule has 0 aliphatic rings. The first kappa shape index (κ1) is 14.6. The SMILES string of the molecule is CCN(CC(=O)NC)C(=O)Cc1ccc(S)cc1. The molecule has 0 heterocycles. The number of likely N-dealkylation sites (N-methyl/N-ethyl adjacent to an activating group) is 2. The van der Waals surface area contributed by atoms with E-state index in [0.29, 0.717) is 13.0 Å². The number of carbonyl (C=O) groups is 2. The van der Waals surface area contributed by atoms with Gasteiger partial charge in [0.15, 0.2) is 0 Å². The molecule has 4 nitrogen and oxygen atoms in total. The maximum absolute atomic E-state index is 12.0. The summed E-state index contributed by atoms with van der Waals surface area (Å²) in [5.41, 5.74) is 0.924. The van der Waals surface area contributed by atoms with Crippen molar-refractivity contribution in [1.29, 1.82) is 0 Å². The minimum atomic E-state index is -0.157. The Bertz CT molecular complexity index is 418. The summed E-state index contributed by atoms with van der Waals surface area (Å²) in [5, 5.41) is 2.51. The fraction of sp³-hybridized carbons (Fsp3) is 0.385. The third kappa shape index (κ3) is 4.41. The molecule has 0 saturated carbocycles. The number of carbonyl (C=O) groups excluding carboxylic acids is 2. The van der Waals surface area contributed by atoms with Crippen molar-refractivity contribution in [3.05, 3.63) is 29.8 Å². The van der Waals surface area contributed by atoms with Crippen LogP contribution in [0.25, 0.3) is 0 Å². The van der Waals surface area contributed by atoms with Crippen LogP contribution in [0.3, 0.4) is 0 Å². The average Bonchev–Trinajstić information content (AvgIpc) is 2.38. The van der Waals surface area contributed by atoms with Crippen LogP contribution >= 0.6 is 12.6 Å². The third-order valence-electron chi connectivity index (χ3n) is 2.64. The molecule has 0 bridgehead atoms. The summed E-state index contributed by atoms with van der Waals surface area (Å²) in [6.45, 7) is 2.49. The Morgan fingerprint density at radius 3 is 2.39 bits per heavy atom. The Morgan fingerprint density at radius 1 is 1.28 bits per heavy atom. The van der Waals surface area contributed by atoms with Crippen LogP contribution in [-0.4, -0.2) is 36.9 Å². The zero-order valence-electron chi connectivity index (χ0n) is 10.6. The molecule has 98 valence electrons. The highest BCUT2D eigenvalue weighted by Gasteiger charge is 2.14. The maximum Gasteiger partial charge on any atom is 0.239 e. The number of nitrogens with one attached hydrogen (secondary N) is 1. The zero-order chi connectivity index (χ0) is 13.5. The summed E-state index contributed by atoms with van der Waals surface area (Å²) < 4.78 is 0. The van der Waals surface area contributed by atoms with Crippen LogP contribution in [0, 0.1) is 0 Å². The molecule has 1 rings (SSSR count). The number of benzene rings is 1. The van der Waals surface area contributed by atoms with Crippen molar-refractivity contribution in [3.63, 3.8) is 0 Å². The fourth-order valence-corrected chi connectivity index (χ4v) is 1.68. The van der Waals surface area contributed by atoms with Gasteiger partial charge in [0.1, 0.15) is 0 Å². The molecule has 2 amide bonds. The maximum atomic E-state index is 12.0. The van der Waals surface area contributed by atoms with E-state index in [0.717, 1.165) is 10.5 Å². The second-order valence-corrected chi connectivity index (χ2v) is 4.44. The van der Waals surface area contributed by atoms with Gasteiger partial charge < -0.3 is 10.2 Å². The number of hydrogen-bond acceptors (Lipinski definition) is 3. The molecule has 0 unspecified atom stereocenters. The lowest BCUT2D eigenvalue weighted by Crippen LogP contribution is -2.40. The van der Waals surface area contributed by atoms with Crippen molar-refractivity contribution in [2.24, 2.45) is 0 Å². The van der Waals surface area contributed by atoms with E-state index in [1.807, 2.05) is 31.2 Å². The lowest BCUT2D eigenvalue weighted by Gasteiger charge is -2.19. The first-order chi connectivity index (χ1) is 8.56. The summed E-state index contributed by atoms with van der Waals surface area (Å²) in [5.74, 6) is -0.205. The van der Waals surface area contributed by atoms with E-state index in [4.69, 9.17) is 0 Å². The summed E-state index contributed by atoms with van der Waals surface area (Å²) >= 11 is 4.19. The molecule has 0 aromatic heterocycles. The van der Waals surface area contributed by atoms with Crippen LogP contribution < -0.4 is 5.32 Å². The molecule has 0 spiro atoms. The van der Waals surface area contributed by atoms with Gasteiger partial charge in [0.05, 0.1) is 13.0 Å². The average molecular weight is 266 g/mol. The largest absolute Gasteiger partial charge is 0.358 e. The van der Waals surface area contributed by atoms with E-state index in [1.165, 1.54) is 4.90 Å². The van der Waals surface area contributed by atoms with Gasteiger partial charge in [0.25, 0.3) is 0 Å². The van der Waals surface area contributed by atoms with Crippen molar-refractivity contribution >= 4 is 24.4 Å². The summed E-state index contributed by atoms with van der Waals surface area (Å²) in [6, 6.07) is 7.43. The van der Waals surface area contributed by atoms with Gasteiger partial charge in [-0.3, -0.25) is 9.59 Å². The molecule has 1 N–H and O–H groups in total. The number of nitrogens with zero attached hydrogens (tertiary/aromatic N) is 1. The van der Waals surface area contributed by atoms with Crippen LogP contribution in [0.4, 0.5) is 0 Å². The van der Waals surface area contributed by atoms with Crippen molar-refractivity contribution in [2.75, 3.05) is 20.1 Å². The van der Waals surface area contributed by atoms with E-state index in [2.05, 4.69) is 17.9 Å². The fourth-order valence-electron chi connectivity index (χ4n) is 1.53. The smallest absolute Gasteiger partial charge is 0.239 e. The second kappa shape index (κ2) is 7.06. The molecule has 1 aromatic rings. The van der Waals surface area contributed by atoms with Gasteiger partial charge in [-0.15, -0.1) is 12.6 Å². The highest BCUT2D eigenvalue weighted by molar-refractivity contribution is 7.80. The summed E-state index contributed by atoms with van der Waals surface area (Å²) in [7, 11) is 1.56. The van der Waals surface area contributed by atoms with Gasteiger partial charge in [0.2, 0.25) is 11.8 Å². The van der Waals surface area contributed by atoms with Gasteiger partial charge in [-0.25, -0.2) is 0 Å². The highest BCUT2D eigenvalue weighted by Crippen LogP contribution is 2.09. The van der Waals surface area contributed by atoms with E-state index in [1.54, 1.807) is 7.05 Å². The molecule has 0 aliphatic heterocycles. The monoisotopic (exact) mass is 266 g/mol. The highest BCUT2D eigenvalue weighted by atomic mass is 32.1. The Hall–Kier alpha value is -1.49. The minimum absolute atomic E-state index is 0.0481.